The maximum Gasteiger partial charge on any atom is 0.338 e. The average Bonchev–Trinajstić information content (AvgIpc) is 3.21. The van der Waals surface area contributed by atoms with Crippen LogP contribution in [0.1, 0.15) is 37.9 Å². The van der Waals surface area contributed by atoms with Gasteiger partial charge in [0.1, 0.15) is 5.75 Å². The number of nitrogens with zero attached hydrogens (tertiary/aromatic N) is 2. The second-order valence-electron chi connectivity index (χ2n) is 8.76. The highest BCUT2D eigenvalue weighted by atomic mass is 32.2. The van der Waals surface area contributed by atoms with Crippen LogP contribution in [0.25, 0.3) is 6.08 Å². The SMILES string of the molecule is COc1cc(OC)c(OC)cc1/C=c1/sc2n(c1=O)[C@H](c1ccc(SC)cc1)C(C(=O)OC(C)C)=C(C)N=2. The zero-order valence-corrected chi connectivity index (χ0v) is 24.0. The Labute approximate surface area is 229 Å². The molecule has 10 heteroatoms. The molecule has 0 bridgehead atoms. The minimum absolute atomic E-state index is 0.271. The molecule has 3 aromatic rings. The highest BCUT2D eigenvalue weighted by molar-refractivity contribution is 7.98. The first-order chi connectivity index (χ1) is 18.2. The minimum Gasteiger partial charge on any atom is -0.496 e. The molecule has 1 aliphatic rings. The summed E-state index contributed by atoms with van der Waals surface area (Å²) in [5, 5.41) is 0. The largest absolute Gasteiger partial charge is 0.496 e. The molecule has 200 valence electrons. The van der Waals surface area contributed by atoms with E-state index in [2.05, 4.69) is 4.99 Å². The third-order valence-electron chi connectivity index (χ3n) is 6.04. The van der Waals surface area contributed by atoms with Gasteiger partial charge in [-0.2, -0.15) is 0 Å². The quantitative estimate of drug-likeness (QED) is 0.308. The molecule has 1 aromatic heterocycles. The predicted octanol–water partition coefficient (Wildman–Crippen LogP) is 3.93. The van der Waals surface area contributed by atoms with Crippen molar-refractivity contribution < 1.29 is 23.7 Å². The molecule has 2 heterocycles. The molecule has 0 saturated carbocycles. The van der Waals surface area contributed by atoms with Crippen molar-refractivity contribution in [1.29, 1.82) is 0 Å². The highest BCUT2D eigenvalue weighted by Gasteiger charge is 2.33. The second kappa shape index (κ2) is 11.5. The smallest absolute Gasteiger partial charge is 0.338 e. The number of thioether (sulfide) groups is 1. The van der Waals surface area contributed by atoms with Crippen molar-refractivity contribution >= 4 is 35.1 Å². The third-order valence-corrected chi connectivity index (χ3v) is 7.76. The van der Waals surface area contributed by atoms with E-state index in [1.165, 1.54) is 11.3 Å². The maximum atomic E-state index is 13.9. The van der Waals surface area contributed by atoms with Crippen molar-refractivity contribution in [2.24, 2.45) is 4.99 Å². The van der Waals surface area contributed by atoms with Crippen LogP contribution in [0.4, 0.5) is 0 Å². The molecule has 0 unspecified atom stereocenters. The van der Waals surface area contributed by atoms with Gasteiger partial charge in [0.05, 0.1) is 49.3 Å². The summed E-state index contributed by atoms with van der Waals surface area (Å²) in [6, 6.07) is 10.6. The Hall–Kier alpha value is -3.50. The molecule has 0 aliphatic carbocycles. The van der Waals surface area contributed by atoms with E-state index in [9.17, 15) is 9.59 Å². The van der Waals surface area contributed by atoms with Gasteiger partial charge in [-0.1, -0.05) is 23.5 Å². The molecule has 0 fully saturated rings. The minimum atomic E-state index is -0.678. The Balaban J connectivity index is 1.95. The van der Waals surface area contributed by atoms with Gasteiger partial charge in [0.15, 0.2) is 16.3 Å². The lowest BCUT2D eigenvalue weighted by Gasteiger charge is -2.25. The Bertz CT molecular complexity index is 1570. The first-order valence-corrected chi connectivity index (χ1v) is 13.9. The molecule has 2 aromatic carbocycles. The number of carbonyl (C=O) groups excluding carboxylic acids is 1. The van der Waals surface area contributed by atoms with Gasteiger partial charge in [-0.05, 0) is 56.9 Å². The van der Waals surface area contributed by atoms with Gasteiger partial charge in [-0.25, -0.2) is 9.79 Å². The number of carbonyl (C=O) groups is 1. The zero-order valence-electron chi connectivity index (χ0n) is 22.4. The predicted molar refractivity (Wildman–Crippen MR) is 149 cm³/mol. The lowest BCUT2D eigenvalue weighted by molar-refractivity contribution is -0.143. The molecule has 0 amide bonds. The molecule has 1 atom stereocenters. The number of hydrogen-bond acceptors (Lipinski definition) is 9. The van der Waals surface area contributed by atoms with Crippen molar-refractivity contribution in [1.82, 2.24) is 4.57 Å². The van der Waals surface area contributed by atoms with Gasteiger partial charge < -0.3 is 18.9 Å². The monoisotopic (exact) mass is 554 g/mol. The molecular formula is C28H30N2O6S2. The number of thiazole rings is 1. The van der Waals surface area contributed by atoms with Crippen LogP contribution in [-0.4, -0.2) is 44.2 Å². The van der Waals surface area contributed by atoms with Gasteiger partial charge >= 0.3 is 5.97 Å². The molecule has 0 radical (unpaired) electrons. The number of benzene rings is 2. The number of ether oxygens (including phenoxy) is 4. The van der Waals surface area contributed by atoms with Gasteiger partial charge in [0.2, 0.25) is 0 Å². The number of allylic oxidation sites excluding steroid dienone is 1. The summed E-state index contributed by atoms with van der Waals surface area (Å²) in [5.41, 5.74) is 2.03. The summed E-state index contributed by atoms with van der Waals surface area (Å²) >= 11 is 2.87. The maximum absolute atomic E-state index is 13.9. The summed E-state index contributed by atoms with van der Waals surface area (Å²) in [7, 11) is 4.64. The van der Waals surface area contributed by atoms with Crippen LogP contribution < -0.4 is 29.1 Å². The van der Waals surface area contributed by atoms with Crippen LogP contribution in [-0.2, 0) is 9.53 Å². The van der Waals surface area contributed by atoms with Gasteiger partial charge in [-0.3, -0.25) is 9.36 Å². The zero-order chi connectivity index (χ0) is 27.6. The highest BCUT2D eigenvalue weighted by Crippen LogP contribution is 2.35. The third kappa shape index (κ3) is 5.23. The van der Waals surface area contributed by atoms with E-state index in [4.69, 9.17) is 18.9 Å². The van der Waals surface area contributed by atoms with Crippen molar-refractivity contribution in [3.8, 4) is 17.2 Å². The number of fused-ring (bicyclic) bond motifs is 1. The summed E-state index contributed by atoms with van der Waals surface area (Å²) < 4.78 is 24.0. The van der Waals surface area contributed by atoms with Crippen molar-refractivity contribution in [2.75, 3.05) is 27.6 Å². The van der Waals surface area contributed by atoms with Gasteiger partial charge in [0.25, 0.3) is 5.56 Å². The van der Waals surface area contributed by atoms with Crippen LogP contribution in [0, 0.1) is 0 Å². The number of rotatable bonds is 8. The van der Waals surface area contributed by atoms with E-state index in [0.29, 0.717) is 43.4 Å². The van der Waals surface area contributed by atoms with Crippen LogP contribution in [0.15, 0.2) is 62.4 Å². The fourth-order valence-electron chi connectivity index (χ4n) is 4.27. The summed E-state index contributed by atoms with van der Waals surface area (Å²) in [4.78, 5) is 33.4. The Morgan fingerprint density at radius 1 is 1.05 bits per heavy atom. The van der Waals surface area contributed by atoms with Crippen LogP contribution in [0.5, 0.6) is 17.2 Å². The van der Waals surface area contributed by atoms with Crippen molar-refractivity contribution in [3.63, 3.8) is 0 Å². The van der Waals surface area contributed by atoms with E-state index in [-0.39, 0.29) is 11.7 Å². The van der Waals surface area contributed by atoms with Crippen LogP contribution in [0.3, 0.4) is 0 Å². The molecule has 0 saturated heterocycles. The number of methoxy groups -OCH3 is 3. The van der Waals surface area contributed by atoms with Crippen LogP contribution in [0.2, 0.25) is 0 Å². The lowest BCUT2D eigenvalue weighted by atomic mass is 9.96. The molecule has 8 nitrogen and oxygen atoms in total. The fourth-order valence-corrected chi connectivity index (χ4v) is 5.71. The average molecular weight is 555 g/mol. The summed E-state index contributed by atoms with van der Waals surface area (Å²) in [5.74, 6) is 1.06. The Kier molecular flexibility index (Phi) is 8.32. The Morgan fingerprint density at radius 3 is 2.26 bits per heavy atom. The number of hydrogen-bond donors (Lipinski definition) is 0. The number of aromatic nitrogens is 1. The van der Waals surface area contributed by atoms with Crippen molar-refractivity contribution in [2.45, 2.75) is 37.8 Å². The topological polar surface area (TPSA) is 88.4 Å². The Morgan fingerprint density at radius 2 is 1.68 bits per heavy atom. The van der Waals surface area contributed by atoms with Gasteiger partial charge in [-0.15, -0.1) is 11.8 Å². The summed E-state index contributed by atoms with van der Waals surface area (Å²) in [6.07, 6.45) is 3.42. The molecule has 0 spiro atoms. The van der Waals surface area contributed by atoms with E-state index in [1.807, 2.05) is 30.5 Å². The first-order valence-electron chi connectivity index (χ1n) is 11.9. The van der Waals surface area contributed by atoms with E-state index in [0.717, 1.165) is 10.5 Å². The first kappa shape index (κ1) is 27.5. The fraction of sp³-hybridized carbons (Fsp3) is 0.321. The lowest BCUT2D eigenvalue weighted by Crippen LogP contribution is -2.40. The molecule has 0 N–H and O–H groups in total. The van der Waals surface area contributed by atoms with Gasteiger partial charge in [0, 0.05) is 16.5 Å². The molecule has 38 heavy (non-hydrogen) atoms. The van der Waals surface area contributed by atoms with E-state index >= 15 is 0 Å². The summed E-state index contributed by atoms with van der Waals surface area (Å²) in [6.45, 7) is 5.36. The van der Waals surface area contributed by atoms with E-state index < -0.39 is 12.0 Å². The van der Waals surface area contributed by atoms with Crippen LogP contribution >= 0.6 is 23.1 Å². The van der Waals surface area contributed by atoms with Crippen molar-refractivity contribution in [3.05, 3.63) is 78.5 Å². The molecule has 1 aliphatic heterocycles. The standard InChI is InChI=1S/C28H30N2O6S2/c1-15(2)36-27(32)24-16(3)29-28-30(25(24)17-8-10-19(37-7)11-9-17)26(31)23(38-28)13-18-12-21(34-5)22(35-6)14-20(18)33-4/h8-15,25H,1-7H3/b23-13+/t25-/m1/s1. The second-order valence-corrected chi connectivity index (χ2v) is 10.6. The molecule has 4 rings (SSSR count). The molecular weight excluding hydrogens is 524 g/mol. The van der Waals surface area contributed by atoms with E-state index in [1.54, 1.807) is 76.6 Å². The normalized spacial score (nSPS) is 15.3. The number of esters is 1.